The summed E-state index contributed by atoms with van der Waals surface area (Å²) < 4.78 is 0. The average Bonchev–Trinajstić information content (AvgIpc) is 3.23. The van der Waals surface area contributed by atoms with E-state index in [9.17, 15) is 9.90 Å². The van der Waals surface area contributed by atoms with Crippen LogP contribution in [-0.2, 0) is 4.79 Å². The third-order valence-electron chi connectivity index (χ3n) is 12.1. The Labute approximate surface area is 271 Å². The smallest absolute Gasteiger partial charge is 0.335 e. The maximum Gasteiger partial charge on any atom is 0.335 e. The summed E-state index contributed by atoms with van der Waals surface area (Å²) in [4.78, 5) is 27.0. The summed E-state index contributed by atoms with van der Waals surface area (Å²) >= 11 is 0. The lowest BCUT2D eigenvalue weighted by Crippen LogP contribution is -2.54. The van der Waals surface area contributed by atoms with E-state index >= 15 is 4.79 Å². The van der Waals surface area contributed by atoms with Crippen LogP contribution in [0.4, 0.5) is 0 Å². The summed E-state index contributed by atoms with van der Waals surface area (Å²) in [5.41, 5.74) is 1.03. The summed E-state index contributed by atoms with van der Waals surface area (Å²) in [6.07, 6.45) is 24.4. The maximum atomic E-state index is 15.2. The molecular formula is C41H67O3. The Kier molecular flexibility index (Phi) is 14.5. The zero-order valence-electron chi connectivity index (χ0n) is 29.6. The van der Waals surface area contributed by atoms with Gasteiger partial charge in [0.15, 0.2) is 0 Å². The number of carbonyl (C=O) groups is 2. The molecule has 0 heterocycles. The molecule has 3 nitrogen and oxygen atoms in total. The Bertz CT molecular complexity index is 991. The predicted octanol–water partition coefficient (Wildman–Crippen LogP) is 12.4. The molecule has 2 aliphatic rings. The third-order valence-corrected chi connectivity index (χ3v) is 12.1. The second-order valence-corrected chi connectivity index (χ2v) is 15.3. The zero-order chi connectivity index (χ0) is 32.2. The lowest BCUT2D eigenvalue weighted by atomic mass is 9.45. The van der Waals surface area contributed by atoms with E-state index in [4.69, 9.17) is 0 Å². The summed E-state index contributed by atoms with van der Waals surface area (Å²) in [6, 6.07) is 7.79. The van der Waals surface area contributed by atoms with Gasteiger partial charge in [-0.2, -0.15) is 0 Å². The molecule has 2 fully saturated rings. The molecule has 44 heavy (non-hydrogen) atoms. The van der Waals surface area contributed by atoms with Gasteiger partial charge in [0, 0.05) is 17.8 Å². The van der Waals surface area contributed by atoms with Crippen molar-refractivity contribution in [1.29, 1.82) is 0 Å². The fourth-order valence-corrected chi connectivity index (χ4v) is 10.0. The molecule has 1 radical (unpaired) electrons. The number of hydrogen-bond acceptors (Lipinski definition) is 2. The fraction of sp³-hybridized carbons (Fsp3) is 0.780. The standard InChI is InChI=1S/C41H67O3/c1-7-10-13-19-28-41(29-20-14-11-8-2)39(6,35-21-17-15-18-22-35)36(33-24-26-34(27-25-33)38(43)44)31-40(41,30-32(4)5)37(42)23-16-12-9-3/h24-27,32,35H,7-23,28-31H2,1-6H3,(H,43,44). The summed E-state index contributed by atoms with van der Waals surface area (Å²) in [5, 5.41) is 9.72. The van der Waals surface area contributed by atoms with Crippen LogP contribution in [0.25, 0.3) is 0 Å². The molecule has 1 aromatic carbocycles. The number of ketones is 1. The van der Waals surface area contributed by atoms with Gasteiger partial charge in [0.05, 0.1) is 5.56 Å². The van der Waals surface area contributed by atoms with Crippen molar-refractivity contribution in [2.45, 2.75) is 176 Å². The molecule has 2 saturated carbocycles. The Morgan fingerprint density at radius 1 is 0.795 bits per heavy atom. The van der Waals surface area contributed by atoms with Gasteiger partial charge in [0.2, 0.25) is 0 Å². The topological polar surface area (TPSA) is 54.4 Å². The van der Waals surface area contributed by atoms with E-state index in [0.29, 0.717) is 29.6 Å². The van der Waals surface area contributed by atoms with Gasteiger partial charge in [-0.05, 0) is 85.3 Å². The first-order chi connectivity index (χ1) is 21.1. The highest BCUT2D eigenvalue weighted by Gasteiger charge is 2.72. The minimum Gasteiger partial charge on any atom is -0.478 e. The number of benzene rings is 1. The fourth-order valence-electron chi connectivity index (χ4n) is 10.0. The minimum atomic E-state index is -0.871. The van der Waals surface area contributed by atoms with Crippen LogP contribution in [-0.4, -0.2) is 16.9 Å². The first kappa shape index (κ1) is 36.8. The van der Waals surface area contributed by atoms with Crippen LogP contribution in [0.1, 0.15) is 192 Å². The summed E-state index contributed by atoms with van der Waals surface area (Å²) in [6.45, 7) is 14.1. The third kappa shape index (κ3) is 7.83. The summed E-state index contributed by atoms with van der Waals surface area (Å²) in [5.74, 6) is 2.17. The lowest BCUT2D eigenvalue weighted by Gasteiger charge is -2.58. The molecular weight excluding hydrogens is 540 g/mol. The first-order valence-corrected chi connectivity index (χ1v) is 18.9. The van der Waals surface area contributed by atoms with E-state index in [1.54, 1.807) is 0 Å². The first-order valence-electron chi connectivity index (χ1n) is 18.9. The van der Waals surface area contributed by atoms with Crippen molar-refractivity contribution < 1.29 is 14.7 Å². The number of Topliss-reactive ketones (excluding diaryl/α,β-unsaturated/α-hetero) is 1. The SMILES string of the molecule is CCCCCCC1(CCCCCC)C(CC(C)C)(C(=O)CCCCC)C[C](c2ccc(C(=O)O)cc2)C1(C)C1CCCCC1. The molecule has 2 unspecified atom stereocenters. The molecule has 0 bridgehead atoms. The normalized spacial score (nSPS) is 24.2. The van der Waals surface area contributed by atoms with Crippen molar-refractivity contribution in [2.75, 3.05) is 0 Å². The Morgan fingerprint density at radius 3 is 1.84 bits per heavy atom. The predicted molar refractivity (Wildman–Crippen MR) is 186 cm³/mol. The van der Waals surface area contributed by atoms with Crippen molar-refractivity contribution in [3.05, 3.63) is 41.3 Å². The number of unbranched alkanes of at least 4 members (excludes halogenated alkanes) is 8. The van der Waals surface area contributed by atoms with Gasteiger partial charge in [-0.3, -0.25) is 4.79 Å². The van der Waals surface area contributed by atoms with Gasteiger partial charge in [0.25, 0.3) is 0 Å². The number of rotatable bonds is 20. The zero-order valence-corrected chi connectivity index (χ0v) is 29.6. The Hall–Kier alpha value is -1.64. The molecule has 3 rings (SSSR count). The average molecular weight is 608 g/mol. The second kappa shape index (κ2) is 17.3. The van der Waals surface area contributed by atoms with E-state index in [1.807, 2.05) is 12.1 Å². The van der Waals surface area contributed by atoms with Crippen LogP contribution in [0.15, 0.2) is 24.3 Å². The number of hydrogen-bond donors (Lipinski definition) is 1. The van der Waals surface area contributed by atoms with Gasteiger partial charge in [-0.1, -0.05) is 137 Å². The van der Waals surface area contributed by atoms with Gasteiger partial charge in [-0.25, -0.2) is 4.79 Å². The van der Waals surface area contributed by atoms with Crippen LogP contribution < -0.4 is 0 Å². The molecule has 2 aliphatic carbocycles. The van der Waals surface area contributed by atoms with E-state index < -0.39 is 5.97 Å². The van der Waals surface area contributed by atoms with E-state index in [0.717, 1.165) is 44.9 Å². The van der Waals surface area contributed by atoms with E-state index in [1.165, 1.54) is 95.0 Å². The van der Waals surface area contributed by atoms with E-state index in [2.05, 4.69) is 53.7 Å². The number of carboxylic acids is 1. The van der Waals surface area contributed by atoms with Crippen molar-refractivity contribution in [2.24, 2.45) is 28.1 Å². The molecule has 0 aromatic heterocycles. The molecule has 0 saturated heterocycles. The monoisotopic (exact) mass is 608 g/mol. The Morgan fingerprint density at radius 2 is 1.34 bits per heavy atom. The number of carboxylic acid groups (broad SMARTS) is 1. The van der Waals surface area contributed by atoms with Crippen molar-refractivity contribution in [3.63, 3.8) is 0 Å². The van der Waals surface area contributed by atoms with Gasteiger partial charge < -0.3 is 5.11 Å². The highest BCUT2D eigenvalue weighted by atomic mass is 16.4. The lowest BCUT2D eigenvalue weighted by molar-refractivity contribution is -0.148. The molecule has 0 spiro atoms. The molecule has 0 aliphatic heterocycles. The van der Waals surface area contributed by atoms with Crippen LogP contribution in [0.3, 0.4) is 0 Å². The van der Waals surface area contributed by atoms with Crippen LogP contribution in [0, 0.1) is 34.0 Å². The Balaban J connectivity index is 2.32. The summed E-state index contributed by atoms with van der Waals surface area (Å²) in [7, 11) is 0. The largest absolute Gasteiger partial charge is 0.478 e. The molecule has 0 amide bonds. The minimum absolute atomic E-state index is 0.0716. The van der Waals surface area contributed by atoms with Crippen LogP contribution >= 0.6 is 0 Å². The molecule has 3 heteroatoms. The molecule has 1 N–H and O–H groups in total. The highest BCUT2D eigenvalue weighted by molar-refractivity contribution is 5.88. The van der Waals surface area contributed by atoms with Crippen LogP contribution in [0.2, 0.25) is 0 Å². The second-order valence-electron chi connectivity index (χ2n) is 15.3. The van der Waals surface area contributed by atoms with Gasteiger partial charge in [0.1, 0.15) is 5.78 Å². The maximum absolute atomic E-state index is 15.2. The van der Waals surface area contributed by atoms with Crippen LogP contribution in [0.5, 0.6) is 0 Å². The molecule has 2 atom stereocenters. The van der Waals surface area contributed by atoms with Gasteiger partial charge >= 0.3 is 5.97 Å². The van der Waals surface area contributed by atoms with Crippen molar-refractivity contribution in [3.8, 4) is 0 Å². The quantitative estimate of drug-likeness (QED) is 0.150. The number of aromatic carboxylic acids is 1. The van der Waals surface area contributed by atoms with Crippen molar-refractivity contribution >= 4 is 11.8 Å². The highest BCUT2D eigenvalue weighted by Crippen LogP contribution is 2.77. The molecule has 1 aromatic rings. The number of carbonyl (C=O) groups excluding carboxylic acids is 1. The van der Waals surface area contributed by atoms with E-state index in [-0.39, 0.29) is 16.2 Å². The van der Waals surface area contributed by atoms with Gasteiger partial charge in [-0.15, -0.1) is 0 Å². The molecule has 249 valence electrons. The van der Waals surface area contributed by atoms with Crippen molar-refractivity contribution in [1.82, 2.24) is 0 Å².